The Kier molecular flexibility index (Phi) is 13.1. The number of hydrogen-bond acceptors (Lipinski definition) is 2. The van der Waals surface area contributed by atoms with Crippen molar-refractivity contribution < 1.29 is 0 Å². The minimum atomic E-state index is 0.459. The molecular formula is C68H68N2. The van der Waals surface area contributed by atoms with Gasteiger partial charge in [0.1, 0.15) is 0 Å². The number of rotatable bonds is 12. The summed E-state index contributed by atoms with van der Waals surface area (Å²) < 4.78 is 0. The standard InChI is InChI=1S/C68H68N2/c1-47(2)49-25-33-57(34-26-49)69(59-37-29-53(30-38-59)51-17-9-5-10-18-51)61-41-43-63-65(45-61)67(55-21-13-7-14-22-55)64-44-42-62(46-66(64)68(63)56-23-15-8-16-24-56)70(58-35-27-50(28-36-58)48(3)4)60-39-31-54(32-40-60)52-19-11-6-12-20-52/h7-8,13-16,21-48,51-52H,5-6,9-12,17-20H2,1-4H3. The Labute approximate surface area is 417 Å². The molecule has 0 atom stereocenters. The molecule has 0 radical (unpaired) electrons. The minimum Gasteiger partial charge on any atom is -0.310 e. The number of nitrogens with zero attached hydrogens (tertiary/aromatic N) is 2. The Morgan fingerprint density at radius 2 is 0.629 bits per heavy atom. The zero-order valence-corrected chi connectivity index (χ0v) is 41.8. The first-order valence-corrected chi connectivity index (χ1v) is 26.5. The second kappa shape index (κ2) is 20.2. The zero-order valence-electron chi connectivity index (χ0n) is 41.8. The molecule has 0 aromatic heterocycles. The van der Waals surface area contributed by atoms with Crippen LogP contribution in [0.4, 0.5) is 34.1 Å². The highest BCUT2D eigenvalue weighted by atomic mass is 15.1. The van der Waals surface area contributed by atoms with Gasteiger partial charge < -0.3 is 9.80 Å². The van der Waals surface area contributed by atoms with E-state index < -0.39 is 0 Å². The smallest absolute Gasteiger partial charge is 0.0468 e. The molecule has 70 heavy (non-hydrogen) atoms. The van der Waals surface area contributed by atoms with Gasteiger partial charge in [-0.15, -0.1) is 0 Å². The van der Waals surface area contributed by atoms with E-state index >= 15 is 0 Å². The van der Waals surface area contributed by atoms with E-state index in [4.69, 9.17) is 0 Å². The highest BCUT2D eigenvalue weighted by molar-refractivity contribution is 6.22. The summed E-state index contributed by atoms with van der Waals surface area (Å²) >= 11 is 0. The Balaban J connectivity index is 1.12. The third kappa shape index (κ3) is 9.17. The van der Waals surface area contributed by atoms with Gasteiger partial charge >= 0.3 is 0 Å². The first-order chi connectivity index (χ1) is 34.4. The molecule has 0 N–H and O–H groups in total. The maximum atomic E-state index is 2.47. The summed E-state index contributed by atoms with van der Waals surface area (Å²) in [5.74, 6) is 2.23. The maximum Gasteiger partial charge on any atom is 0.0468 e. The van der Waals surface area contributed by atoms with Crippen LogP contribution in [0.25, 0.3) is 43.8 Å². The van der Waals surface area contributed by atoms with E-state index in [2.05, 4.69) is 232 Å². The van der Waals surface area contributed by atoms with Crippen molar-refractivity contribution in [2.24, 2.45) is 0 Å². The Morgan fingerprint density at radius 3 is 0.957 bits per heavy atom. The van der Waals surface area contributed by atoms with E-state index in [1.54, 1.807) is 0 Å². The molecule has 0 aliphatic heterocycles. The maximum absolute atomic E-state index is 2.47. The van der Waals surface area contributed by atoms with Crippen LogP contribution in [0.5, 0.6) is 0 Å². The lowest BCUT2D eigenvalue weighted by Crippen LogP contribution is -2.11. The average molecular weight is 913 g/mol. The fourth-order valence-corrected chi connectivity index (χ4v) is 11.9. The van der Waals surface area contributed by atoms with Crippen molar-refractivity contribution in [3.63, 3.8) is 0 Å². The summed E-state index contributed by atoms with van der Waals surface area (Å²) in [4.78, 5) is 4.95. The van der Waals surface area contributed by atoms with Gasteiger partial charge in [0, 0.05) is 34.1 Å². The fraction of sp³-hybridized carbons (Fsp3) is 0.265. The van der Waals surface area contributed by atoms with Gasteiger partial charge in [-0.05, 0) is 188 Å². The molecule has 2 aliphatic carbocycles. The Hall–Kier alpha value is -6.90. The minimum absolute atomic E-state index is 0.459. The van der Waals surface area contributed by atoms with Crippen molar-refractivity contribution in [3.05, 3.63) is 216 Å². The summed E-state index contributed by atoms with van der Waals surface area (Å²) in [5.41, 5.74) is 17.6. The van der Waals surface area contributed by atoms with E-state index in [-0.39, 0.29) is 0 Å². The number of anilines is 6. The molecule has 2 fully saturated rings. The normalized spacial score (nSPS) is 14.7. The molecule has 2 aliphatic rings. The molecule has 0 saturated heterocycles. The SMILES string of the molecule is CC(C)c1ccc(N(c2ccc(C3CCCCC3)cc2)c2ccc3c(-c4ccccc4)c4cc(N(c5ccc(C(C)C)cc5)c5ccc(C6CCCCC6)cc5)ccc4c(-c4ccccc4)c3c2)cc1. The molecular weight excluding hydrogens is 845 g/mol. The Bertz CT molecular complexity index is 2950. The number of fused-ring (bicyclic) bond motifs is 2. The highest BCUT2D eigenvalue weighted by Gasteiger charge is 2.24. The molecule has 9 aromatic carbocycles. The van der Waals surface area contributed by atoms with Gasteiger partial charge in [0.25, 0.3) is 0 Å². The van der Waals surface area contributed by atoms with Gasteiger partial charge in [-0.1, -0.05) is 188 Å². The topological polar surface area (TPSA) is 6.48 Å². The molecule has 9 aromatic rings. The molecule has 0 heterocycles. The molecule has 11 rings (SSSR count). The lowest BCUT2D eigenvalue weighted by Gasteiger charge is -2.29. The lowest BCUT2D eigenvalue weighted by atomic mass is 9.84. The second-order valence-electron chi connectivity index (χ2n) is 21.0. The van der Waals surface area contributed by atoms with E-state index in [1.165, 1.54) is 142 Å². The second-order valence-corrected chi connectivity index (χ2v) is 21.0. The number of benzene rings is 9. The third-order valence-corrected chi connectivity index (χ3v) is 15.8. The van der Waals surface area contributed by atoms with Gasteiger partial charge in [-0.3, -0.25) is 0 Å². The monoisotopic (exact) mass is 913 g/mol. The van der Waals surface area contributed by atoms with E-state index in [1.807, 2.05) is 0 Å². The number of hydrogen-bond donors (Lipinski definition) is 0. The van der Waals surface area contributed by atoms with Crippen LogP contribution in [0.2, 0.25) is 0 Å². The van der Waals surface area contributed by atoms with Crippen LogP contribution in [0, 0.1) is 0 Å². The van der Waals surface area contributed by atoms with Crippen LogP contribution in [0.3, 0.4) is 0 Å². The van der Waals surface area contributed by atoms with E-state index in [0.29, 0.717) is 23.7 Å². The van der Waals surface area contributed by atoms with Crippen molar-refractivity contribution in [2.75, 3.05) is 9.80 Å². The predicted molar refractivity (Wildman–Crippen MR) is 302 cm³/mol. The molecule has 2 heteroatoms. The first kappa shape index (κ1) is 45.5. The largest absolute Gasteiger partial charge is 0.310 e. The predicted octanol–water partition coefficient (Wildman–Crippen LogP) is 20.6. The van der Waals surface area contributed by atoms with Gasteiger partial charge in [-0.2, -0.15) is 0 Å². The van der Waals surface area contributed by atoms with Crippen molar-refractivity contribution in [1.29, 1.82) is 0 Å². The highest BCUT2D eigenvalue weighted by Crippen LogP contribution is 2.49. The summed E-state index contributed by atoms with van der Waals surface area (Å²) in [6.07, 6.45) is 13.2. The van der Waals surface area contributed by atoms with Gasteiger partial charge in [0.05, 0.1) is 0 Å². The lowest BCUT2D eigenvalue weighted by molar-refractivity contribution is 0.443. The van der Waals surface area contributed by atoms with Crippen LogP contribution in [0.1, 0.15) is 138 Å². The summed E-state index contributed by atoms with van der Waals surface area (Å²) in [5, 5.41) is 4.96. The van der Waals surface area contributed by atoms with Crippen molar-refractivity contribution >= 4 is 55.7 Å². The van der Waals surface area contributed by atoms with Gasteiger partial charge in [0.15, 0.2) is 0 Å². The van der Waals surface area contributed by atoms with E-state index in [9.17, 15) is 0 Å². The summed E-state index contributed by atoms with van der Waals surface area (Å²) in [6, 6.07) is 74.3. The van der Waals surface area contributed by atoms with Crippen LogP contribution in [-0.2, 0) is 0 Å². The summed E-state index contributed by atoms with van der Waals surface area (Å²) in [7, 11) is 0. The molecule has 2 saturated carbocycles. The Morgan fingerprint density at radius 1 is 0.314 bits per heavy atom. The first-order valence-electron chi connectivity index (χ1n) is 26.5. The van der Waals surface area contributed by atoms with Gasteiger partial charge in [0.2, 0.25) is 0 Å². The van der Waals surface area contributed by atoms with Crippen LogP contribution < -0.4 is 9.80 Å². The molecule has 0 bridgehead atoms. The average Bonchev–Trinajstić information content (AvgIpc) is 3.42. The molecule has 0 unspecified atom stereocenters. The third-order valence-electron chi connectivity index (χ3n) is 15.8. The van der Waals surface area contributed by atoms with Crippen molar-refractivity contribution in [3.8, 4) is 22.3 Å². The molecule has 0 spiro atoms. The van der Waals surface area contributed by atoms with Crippen LogP contribution >= 0.6 is 0 Å². The van der Waals surface area contributed by atoms with Crippen molar-refractivity contribution in [1.82, 2.24) is 0 Å². The van der Waals surface area contributed by atoms with E-state index in [0.717, 1.165) is 22.7 Å². The molecule has 0 amide bonds. The fourth-order valence-electron chi connectivity index (χ4n) is 11.9. The van der Waals surface area contributed by atoms with Crippen LogP contribution in [0.15, 0.2) is 194 Å². The van der Waals surface area contributed by atoms with Crippen LogP contribution in [-0.4, -0.2) is 0 Å². The van der Waals surface area contributed by atoms with Crippen molar-refractivity contribution in [2.45, 2.75) is 116 Å². The quantitative estimate of drug-likeness (QED) is 0.113. The molecule has 2 nitrogen and oxygen atoms in total. The van der Waals surface area contributed by atoms with Gasteiger partial charge in [-0.25, -0.2) is 0 Å². The molecule has 350 valence electrons. The summed E-state index contributed by atoms with van der Waals surface area (Å²) in [6.45, 7) is 9.11. The zero-order chi connectivity index (χ0) is 47.6.